The molecule has 1 atom stereocenters. The van der Waals surface area contributed by atoms with E-state index in [1.165, 1.54) is 6.07 Å². The number of aryl methyl sites for hydroxylation is 1. The van der Waals surface area contributed by atoms with Crippen LogP contribution in [-0.2, 0) is 6.42 Å². The van der Waals surface area contributed by atoms with Crippen LogP contribution in [0.2, 0.25) is 0 Å². The molecule has 0 aliphatic heterocycles. The van der Waals surface area contributed by atoms with E-state index in [-0.39, 0.29) is 6.04 Å². The zero-order valence-corrected chi connectivity index (χ0v) is 12.2. The van der Waals surface area contributed by atoms with Crippen molar-refractivity contribution in [3.63, 3.8) is 0 Å². The summed E-state index contributed by atoms with van der Waals surface area (Å²) in [5.74, 6) is -0.992. The van der Waals surface area contributed by atoms with Gasteiger partial charge in [0.25, 0.3) is 0 Å². The smallest absolute Gasteiger partial charge is 0.159 e. The van der Waals surface area contributed by atoms with Gasteiger partial charge in [0.15, 0.2) is 11.6 Å². The first kappa shape index (κ1) is 15.5. The third kappa shape index (κ3) is 4.29. The summed E-state index contributed by atoms with van der Waals surface area (Å²) in [4.78, 5) is 8.65. The molecule has 2 aromatic rings. The van der Waals surface area contributed by atoms with Gasteiger partial charge in [-0.3, -0.25) is 0 Å². The van der Waals surface area contributed by atoms with E-state index in [9.17, 15) is 8.78 Å². The summed E-state index contributed by atoms with van der Waals surface area (Å²) in [6.07, 6.45) is 5.00. The van der Waals surface area contributed by atoms with Crippen LogP contribution >= 0.6 is 0 Å². The molecule has 0 aliphatic carbocycles. The Morgan fingerprint density at radius 1 is 1.14 bits per heavy atom. The summed E-state index contributed by atoms with van der Waals surface area (Å²) in [5.41, 5.74) is 1.70. The van der Waals surface area contributed by atoms with Gasteiger partial charge in [0.05, 0.1) is 6.04 Å². The molecule has 5 heteroatoms. The molecule has 1 unspecified atom stereocenters. The molecule has 1 aromatic heterocycles. The maximum Gasteiger partial charge on any atom is 0.159 e. The van der Waals surface area contributed by atoms with E-state index in [0.717, 1.165) is 24.6 Å². The number of nitrogens with one attached hydrogen (secondary N) is 1. The van der Waals surface area contributed by atoms with Crippen LogP contribution in [0, 0.1) is 18.6 Å². The van der Waals surface area contributed by atoms with Crippen molar-refractivity contribution in [2.75, 3.05) is 6.54 Å². The molecule has 0 amide bonds. The van der Waals surface area contributed by atoms with Crippen LogP contribution in [0.1, 0.15) is 36.3 Å². The maximum absolute atomic E-state index is 13.3. The number of hydrogen-bond acceptors (Lipinski definition) is 3. The van der Waals surface area contributed by atoms with Crippen LogP contribution in [0.3, 0.4) is 0 Å². The van der Waals surface area contributed by atoms with Crippen molar-refractivity contribution in [3.05, 3.63) is 59.2 Å². The lowest BCUT2D eigenvalue weighted by atomic mass is 10.0. The molecule has 3 nitrogen and oxygen atoms in total. The first-order valence-electron chi connectivity index (χ1n) is 7.06. The van der Waals surface area contributed by atoms with E-state index < -0.39 is 11.6 Å². The van der Waals surface area contributed by atoms with Crippen LogP contribution in [0.15, 0.2) is 30.6 Å². The second-order valence-electron chi connectivity index (χ2n) is 5.08. The lowest BCUT2D eigenvalue weighted by Crippen LogP contribution is -2.26. The highest BCUT2D eigenvalue weighted by Gasteiger charge is 2.15. The van der Waals surface area contributed by atoms with Crippen molar-refractivity contribution in [1.82, 2.24) is 15.3 Å². The molecule has 0 saturated heterocycles. The minimum absolute atomic E-state index is 0.115. The lowest BCUT2D eigenvalue weighted by molar-refractivity contribution is 0.491. The van der Waals surface area contributed by atoms with Gasteiger partial charge in [-0.1, -0.05) is 13.0 Å². The van der Waals surface area contributed by atoms with Crippen molar-refractivity contribution in [2.24, 2.45) is 0 Å². The molecule has 1 aromatic carbocycles. The molecule has 21 heavy (non-hydrogen) atoms. The lowest BCUT2D eigenvalue weighted by Gasteiger charge is -2.17. The van der Waals surface area contributed by atoms with Crippen LogP contribution in [-0.4, -0.2) is 16.5 Å². The normalized spacial score (nSPS) is 12.4. The fourth-order valence-corrected chi connectivity index (χ4v) is 2.06. The highest BCUT2D eigenvalue weighted by atomic mass is 19.2. The fraction of sp³-hybridized carbons (Fsp3) is 0.375. The van der Waals surface area contributed by atoms with Crippen molar-refractivity contribution < 1.29 is 8.78 Å². The van der Waals surface area contributed by atoms with E-state index in [1.54, 1.807) is 18.5 Å². The fourth-order valence-electron chi connectivity index (χ4n) is 2.06. The van der Waals surface area contributed by atoms with Gasteiger partial charge in [0.1, 0.15) is 5.82 Å². The largest absolute Gasteiger partial charge is 0.307 e. The highest BCUT2D eigenvalue weighted by molar-refractivity contribution is 5.20. The van der Waals surface area contributed by atoms with Gasteiger partial charge in [-0.05, 0) is 49.6 Å². The van der Waals surface area contributed by atoms with Crippen LogP contribution in [0.25, 0.3) is 0 Å². The Bertz CT molecular complexity index is 585. The van der Waals surface area contributed by atoms with Gasteiger partial charge < -0.3 is 5.32 Å². The van der Waals surface area contributed by atoms with E-state index in [4.69, 9.17) is 0 Å². The third-order valence-electron chi connectivity index (χ3n) is 3.18. The zero-order valence-electron chi connectivity index (χ0n) is 12.2. The molecule has 112 valence electrons. The molecule has 0 fully saturated rings. The second-order valence-corrected chi connectivity index (χ2v) is 5.08. The summed E-state index contributed by atoms with van der Waals surface area (Å²) >= 11 is 0. The minimum atomic E-state index is -0.830. The predicted molar refractivity (Wildman–Crippen MR) is 77.9 cm³/mol. The van der Waals surface area contributed by atoms with E-state index in [1.807, 2.05) is 6.92 Å². The first-order chi connectivity index (χ1) is 10.1. The second kappa shape index (κ2) is 7.22. The number of benzene rings is 1. The standard InChI is InChI=1S/C16H19F2N3/c1-3-6-19-15(16-20-9-11(2)10-21-16)8-12-4-5-13(17)14(18)7-12/h4-5,7,9-10,15,19H,3,6,8H2,1-2H3. The maximum atomic E-state index is 13.3. The number of rotatable bonds is 6. The molecule has 0 aliphatic rings. The number of aromatic nitrogens is 2. The summed E-state index contributed by atoms with van der Waals surface area (Å²) < 4.78 is 26.3. The SMILES string of the molecule is CCCNC(Cc1ccc(F)c(F)c1)c1ncc(C)cn1. The monoisotopic (exact) mass is 291 g/mol. The molecule has 0 radical (unpaired) electrons. The summed E-state index contributed by atoms with van der Waals surface area (Å²) in [7, 11) is 0. The molecule has 0 saturated carbocycles. The summed E-state index contributed by atoms with van der Waals surface area (Å²) in [6.45, 7) is 4.80. The number of hydrogen-bond donors (Lipinski definition) is 1. The molecule has 0 spiro atoms. The Hall–Kier alpha value is -1.88. The minimum Gasteiger partial charge on any atom is -0.307 e. The van der Waals surface area contributed by atoms with E-state index >= 15 is 0 Å². The van der Waals surface area contributed by atoms with Crippen molar-refractivity contribution in [2.45, 2.75) is 32.7 Å². The first-order valence-corrected chi connectivity index (χ1v) is 7.06. The molecule has 1 N–H and O–H groups in total. The van der Waals surface area contributed by atoms with Crippen molar-refractivity contribution in [1.29, 1.82) is 0 Å². The molecule has 1 heterocycles. The Labute approximate surface area is 123 Å². The van der Waals surface area contributed by atoms with Crippen LogP contribution in [0.5, 0.6) is 0 Å². The average Bonchev–Trinajstić information content (AvgIpc) is 2.48. The Morgan fingerprint density at radius 3 is 2.48 bits per heavy atom. The van der Waals surface area contributed by atoms with Crippen LogP contribution < -0.4 is 5.32 Å². The Kier molecular flexibility index (Phi) is 5.33. The molecular weight excluding hydrogens is 272 g/mol. The summed E-state index contributed by atoms with van der Waals surface area (Å²) in [6, 6.07) is 3.85. The number of halogens is 2. The predicted octanol–water partition coefficient (Wildman–Crippen LogP) is 3.35. The molecular formula is C16H19F2N3. The topological polar surface area (TPSA) is 37.8 Å². The Morgan fingerprint density at radius 2 is 1.86 bits per heavy atom. The molecule has 2 rings (SSSR count). The van der Waals surface area contributed by atoms with E-state index in [0.29, 0.717) is 17.8 Å². The Balaban J connectivity index is 2.19. The van der Waals surface area contributed by atoms with Gasteiger partial charge in [-0.2, -0.15) is 0 Å². The van der Waals surface area contributed by atoms with Gasteiger partial charge in [0, 0.05) is 12.4 Å². The van der Waals surface area contributed by atoms with Crippen molar-refractivity contribution in [3.8, 4) is 0 Å². The summed E-state index contributed by atoms with van der Waals surface area (Å²) in [5, 5.41) is 3.35. The van der Waals surface area contributed by atoms with Gasteiger partial charge >= 0.3 is 0 Å². The van der Waals surface area contributed by atoms with Gasteiger partial charge in [-0.25, -0.2) is 18.7 Å². The zero-order chi connectivity index (χ0) is 15.2. The van der Waals surface area contributed by atoms with Gasteiger partial charge in [-0.15, -0.1) is 0 Å². The van der Waals surface area contributed by atoms with E-state index in [2.05, 4.69) is 22.2 Å². The quantitative estimate of drug-likeness (QED) is 0.887. The highest BCUT2D eigenvalue weighted by Crippen LogP contribution is 2.17. The van der Waals surface area contributed by atoms with Crippen LogP contribution in [0.4, 0.5) is 8.78 Å². The third-order valence-corrected chi connectivity index (χ3v) is 3.18. The number of nitrogens with zero attached hydrogens (tertiary/aromatic N) is 2. The van der Waals surface area contributed by atoms with Crippen molar-refractivity contribution >= 4 is 0 Å². The molecule has 0 bridgehead atoms. The van der Waals surface area contributed by atoms with Gasteiger partial charge in [0.2, 0.25) is 0 Å². The average molecular weight is 291 g/mol.